The smallest absolute Gasteiger partial charge is 0.124 e. The molecule has 0 heterocycles. The Morgan fingerprint density at radius 1 is 1.42 bits per heavy atom. The average molecular weight is 185 g/mol. The van der Waals surface area contributed by atoms with E-state index >= 15 is 0 Å². The van der Waals surface area contributed by atoms with E-state index in [0.717, 1.165) is 18.4 Å². The Morgan fingerprint density at radius 3 is 2.75 bits per heavy atom. The molecule has 0 radical (unpaired) electrons. The summed E-state index contributed by atoms with van der Waals surface area (Å²) in [5.41, 5.74) is 0.917. The van der Waals surface area contributed by atoms with E-state index < -0.39 is 0 Å². The highest BCUT2D eigenvalue weighted by Crippen LogP contribution is 2.15. The van der Waals surface area contributed by atoms with Crippen LogP contribution in [0, 0.1) is 5.82 Å². The summed E-state index contributed by atoms with van der Waals surface area (Å²) in [7, 11) is 0. The van der Waals surface area contributed by atoms with Crippen molar-refractivity contribution in [2.24, 2.45) is 0 Å². The summed E-state index contributed by atoms with van der Waals surface area (Å²) in [5, 5.41) is 0.453. The molecule has 0 aliphatic heterocycles. The summed E-state index contributed by atoms with van der Waals surface area (Å²) in [6.07, 6.45) is 3.44. The molecule has 0 aliphatic rings. The quantitative estimate of drug-likeness (QED) is 0.630. The zero-order valence-corrected chi connectivity index (χ0v) is 7.44. The van der Waals surface area contributed by atoms with E-state index in [9.17, 15) is 4.39 Å². The molecule has 2 heteroatoms. The lowest BCUT2D eigenvalue weighted by molar-refractivity contribution is 0.625. The first-order valence-electron chi connectivity index (χ1n) is 3.78. The van der Waals surface area contributed by atoms with Crippen molar-refractivity contribution in [1.29, 1.82) is 0 Å². The fourth-order valence-corrected chi connectivity index (χ4v) is 1.27. The van der Waals surface area contributed by atoms with E-state index in [-0.39, 0.29) is 5.82 Å². The SMILES string of the molecule is C=CCCc1cc(F)cc(Cl)c1. The van der Waals surface area contributed by atoms with Crippen LogP contribution in [0.4, 0.5) is 4.39 Å². The Bertz CT molecular complexity index is 261. The topological polar surface area (TPSA) is 0 Å². The van der Waals surface area contributed by atoms with Crippen LogP contribution in [0.15, 0.2) is 30.9 Å². The van der Waals surface area contributed by atoms with Crippen LogP contribution < -0.4 is 0 Å². The van der Waals surface area contributed by atoms with Crippen molar-refractivity contribution >= 4 is 11.6 Å². The number of aryl methyl sites for hydroxylation is 1. The van der Waals surface area contributed by atoms with Crippen molar-refractivity contribution in [2.45, 2.75) is 12.8 Å². The van der Waals surface area contributed by atoms with Gasteiger partial charge in [0.05, 0.1) is 0 Å². The number of rotatable bonds is 3. The molecule has 0 unspecified atom stereocenters. The van der Waals surface area contributed by atoms with Crippen molar-refractivity contribution < 1.29 is 4.39 Å². The van der Waals surface area contributed by atoms with Crippen molar-refractivity contribution in [3.8, 4) is 0 Å². The molecule has 1 aromatic carbocycles. The zero-order valence-electron chi connectivity index (χ0n) is 6.69. The van der Waals surface area contributed by atoms with Gasteiger partial charge in [-0.25, -0.2) is 4.39 Å². The predicted octanol–water partition coefficient (Wildman–Crippen LogP) is 3.60. The minimum absolute atomic E-state index is 0.276. The molecule has 0 atom stereocenters. The number of benzene rings is 1. The highest BCUT2D eigenvalue weighted by Gasteiger charge is 1.97. The first-order chi connectivity index (χ1) is 5.72. The van der Waals surface area contributed by atoms with E-state index in [1.807, 2.05) is 0 Å². The molecule has 1 rings (SSSR count). The molecule has 64 valence electrons. The van der Waals surface area contributed by atoms with Crippen molar-refractivity contribution in [3.63, 3.8) is 0 Å². The van der Waals surface area contributed by atoms with Crippen LogP contribution in [-0.4, -0.2) is 0 Å². The molecule has 0 nitrogen and oxygen atoms in total. The molecule has 0 aromatic heterocycles. The van der Waals surface area contributed by atoms with Gasteiger partial charge in [-0.2, -0.15) is 0 Å². The lowest BCUT2D eigenvalue weighted by Crippen LogP contribution is -1.85. The third kappa shape index (κ3) is 2.67. The van der Waals surface area contributed by atoms with Crippen molar-refractivity contribution in [3.05, 3.63) is 47.3 Å². The maximum atomic E-state index is 12.7. The standard InChI is InChI=1S/C10H10ClF/c1-2-3-4-8-5-9(11)7-10(12)6-8/h2,5-7H,1,3-4H2. The molecule has 1 aromatic rings. The van der Waals surface area contributed by atoms with Crippen LogP contribution in [0.5, 0.6) is 0 Å². The lowest BCUT2D eigenvalue weighted by Gasteiger charge is -1.99. The zero-order chi connectivity index (χ0) is 8.97. The van der Waals surface area contributed by atoms with Gasteiger partial charge in [-0.3, -0.25) is 0 Å². The third-order valence-electron chi connectivity index (χ3n) is 1.56. The molecule has 0 aliphatic carbocycles. The Morgan fingerprint density at radius 2 is 2.17 bits per heavy atom. The molecule has 0 saturated carbocycles. The van der Waals surface area contributed by atoms with Crippen LogP contribution in [0.2, 0.25) is 5.02 Å². The van der Waals surface area contributed by atoms with Gasteiger partial charge in [0, 0.05) is 5.02 Å². The lowest BCUT2D eigenvalue weighted by atomic mass is 10.1. The number of hydrogen-bond donors (Lipinski definition) is 0. The van der Waals surface area contributed by atoms with Gasteiger partial charge < -0.3 is 0 Å². The molecule has 0 N–H and O–H groups in total. The van der Waals surface area contributed by atoms with Crippen LogP contribution in [0.1, 0.15) is 12.0 Å². The Hall–Kier alpha value is -0.820. The van der Waals surface area contributed by atoms with Crippen LogP contribution >= 0.6 is 11.6 Å². The summed E-state index contributed by atoms with van der Waals surface area (Å²) < 4.78 is 12.7. The van der Waals surface area contributed by atoms with Crippen LogP contribution in [0.3, 0.4) is 0 Å². The summed E-state index contributed by atoms with van der Waals surface area (Å²) in [4.78, 5) is 0. The number of halogens is 2. The van der Waals surface area contributed by atoms with E-state index in [1.54, 1.807) is 12.1 Å². The Kier molecular flexibility index (Phi) is 3.30. The fourth-order valence-electron chi connectivity index (χ4n) is 1.02. The highest BCUT2D eigenvalue weighted by molar-refractivity contribution is 6.30. The summed E-state index contributed by atoms with van der Waals surface area (Å²) in [6.45, 7) is 3.59. The summed E-state index contributed by atoms with van der Waals surface area (Å²) >= 11 is 5.66. The maximum Gasteiger partial charge on any atom is 0.124 e. The predicted molar refractivity (Wildman–Crippen MR) is 49.9 cm³/mol. The van der Waals surface area contributed by atoms with E-state index in [4.69, 9.17) is 11.6 Å². The second kappa shape index (κ2) is 4.27. The number of allylic oxidation sites excluding steroid dienone is 1. The molecule has 0 spiro atoms. The Labute approximate surface area is 76.7 Å². The molecule has 0 amide bonds. The Balaban J connectivity index is 2.78. The normalized spacial score (nSPS) is 9.83. The van der Waals surface area contributed by atoms with Gasteiger partial charge in [0.2, 0.25) is 0 Å². The van der Waals surface area contributed by atoms with Crippen molar-refractivity contribution in [2.75, 3.05) is 0 Å². The first kappa shape index (κ1) is 9.27. The van der Waals surface area contributed by atoms with E-state index in [1.165, 1.54) is 12.1 Å². The third-order valence-corrected chi connectivity index (χ3v) is 1.78. The molecular formula is C10H10ClF. The molecule has 12 heavy (non-hydrogen) atoms. The van der Waals surface area contributed by atoms with Crippen LogP contribution in [-0.2, 0) is 6.42 Å². The number of hydrogen-bond acceptors (Lipinski definition) is 0. The van der Waals surface area contributed by atoms with Crippen molar-refractivity contribution in [1.82, 2.24) is 0 Å². The van der Waals surface area contributed by atoms with Gasteiger partial charge in [-0.1, -0.05) is 17.7 Å². The maximum absolute atomic E-state index is 12.7. The fraction of sp³-hybridized carbons (Fsp3) is 0.200. The molecule has 0 bridgehead atoms. The second-order valence-electron chi connectivity index (χ2n) is 2.61. The van der Waals surface area contributed by atoms with Gasteiger partial charge in [0.25, 0.3) is 0 Å². The van der Waals surface area contributed by atoms with Gasteiger partial charge in [0.1, 0.15) is 5.82 Å². The van der Waals surface area contributed by atoms with Crippen LogP contribution in [0.25, 0.3) is 0 Å². The second-order valence-corrected chi connectivity index (χ2v) is 3.04. The highest BCUT2D eigenvalue weighted by atomic mass is 35.5. The van der Waals surface area contributed by atoms with Gasteiger partial charge >= 0.3 is 0 Å². The first-order valence-corrected chi connectivity index (χ1v) is 4.16. The van der Waals surface area contributed by atoms with Gasteiger partial charge in [-0.15, -0.1) is 6.58 Å². The minimum Gasteiger partial charge on any atom is -0.207 e. The van der Waals surface area contributed by atoms with Gasteiger partial charge in [0.15, 0.2) is 0 Å². The minimum atomic E-state index is -0.276. The molecule has 0 fully saturated rings. The van der Waals surface area contributed by atoms with E-state index in [0.29, 0.717) is 5.02 Å². The van der Waals surface area contributed by atoms with Gasteiger partial charge in [-0.05, 0) is 36.6 Å². The summed E-state index contributed by atoms with van der Waals surface area (Å²) in [6, 6.07) is 4.57. The molecule has 0 saturated heterocycles. The van der Waals surface area contributed by atoms with E-state index in [2.05, 4.69) is 6.58 Å². The monoisotopic (exact) mass is 184 g/mol. The summed E-state index contributed by atoms with van der Waals surface area (Å²) in [5.74, 6) is -0.276. The average Bonchev–Trinajstić information content (AvgIpc) is 1.99. The molecular weight excluding hydrogens is 175 g/mol. The largest absolute Gasteiger partial charge is 0.207 e.